The molecule has 0 saturated carbocycles. The Bertz CT molecular complexity index is 595. The van der Waals surface area contributed by atoms with Crippen LogP contribution in [0.1, 0.15) is 29.3 Å². The van der Waals surface area contributed by atoms with Gasteiger partial charge in [-0.25, -0.2) is 4.98 Å². The van der Waals surface area contributed by atoms with Gasteiger partial charge < -0.3 is 5.32 Å². The molecule has 0 amide bonds. The van der Waals surface area contributed by atoms with Crippen molar-refractivity contribution in [1.82, 2.24) is 15.2 Å². The number of aromatic nitrogens is 1. The Morgan fingerprint density at radius 3 is 2.81 bits per heavy atom. The molecule has 1 aromatic heterocycles. The summed E-state index contributed by atoms with van der Waals surface area (Å²) in [4.78, 5) is 8.36. The van der Waals surface area contributed by atoms with Crippen molar-refractivity contribution in [2.75, 3.05) is 13.1 Å². The number of benzene rings is 1. The van der Waals surface area contributed by atoms with Gasteiger partial charge in [0.05, 0.1) is 12.1 Å². The summed E-state index contributed by atoms with van der Waals surface area (Å²) in [5, 5.41) is 4.94. The summed E-state index contributed by atoms with van der Waals surface area (Å²) >= 11 is 1.81. The first-order valence-electron chi connectivity index (χ1n) is 7.53. The van der Waals surface area contributed by atoms with Gasteiger partial charge in [0, 0.05) is 30.2 Å². The summed E-state index contributed by atoms with van der Waals surface area (Å²) in [6.07, 6.45) is 1.98. The third kappa shape index (κ3) is 3.18. The average molecular weight is 301 g/mol. The maximum absolute atomic E-state index is 4.52. The van der Waals surface area contributed by atoms with Gasteiger partial charge in [0.25, 0.3) is 0 Å². The first kappa shape index (κ1) is 14.7. The van der Waals surface area contributed by atoms with Crippen LogP contribution in [0.2, 0.25) is 0 Å². The van der Waals surface area contributed by atoms with E-state index in [4.69, 9.17) is 0 Å². The Morgan fingerprint density at radius 1 is 1.38 bits per heavy atom. The number of hydrogen-bond donors (Lipinski definition) is 1. The van der Waals surface area contributed by atoms with Crippen LogP contribution in [0.25, 0.3) is 0 Å². The van der Waals surface area contributed by atoms with Gasteiger partial charge in [-0.2, -0.15) is 0 Å². The molecule has 1 N–H and O–H groups in total. The lowest BCUT2D eigenvalue weighted by atomic mass is 9.88. The molecule has 1 aliphatic heterocycles. The van der Waals surface area contributed by atoms with Crippen molar-refractivity contribution >= 4 is 11.3 Å². The summed E-state index contributed by atoms with van der Waals surface area (Å²) in [7, 11) is 0. The van der Waals surface area contributed by atoms with Gasteiger partial charge in [-0.3, -0.25) is 4.90 Å². The molecule has 3 rings (SSSR count). The highest BCUT2D eigenvalue weighted by Gasteiger charge is 2.35. The van der Waals surface area contributed by atoms with Crippen molar-refractivity contribution in [3.8, 4) is 0 Å². The number of nitrogens with one attached hydrogen (secondary N) is 1. The van der Waals surface area contributed by atoms with Gasteiger partial charge in [-0.15, -0.1) is 11.3 Å². The van der Waals surface area contributed by atoms with Crippen LogP contribution < -0.4 is 5.32 Å². The van der Waals surface area contributed by atoms with Crippen LogP contribution in [0.5, 0.6) is 0 Å². The van der Waals surface area contributed by atoms with Gasteiger partial charge in [-0.05, 0) is 26.3 Å². The summed E-state index contributed by atoms with van der Waals surface area (Å²) in [6, 6.07) is 11.3. The molecule has 21 heavy (non-hydrogen) atoms. The summed E-state index contributed by atoms with van der Waals surface area (Å²) < 4.78 is 0. The predicted octanol–water partition coefficient (Wildman–Crippen LogP) is 3.16. The van der Waals surface area contributed by atoms with Crippen molar-refractivity contribution in [3.05, 3.63) is 52.0 Å². The molecule has 1 aliphatic rings. The van der Waals surface area contributed by atoms with E-state index in [-0.39, 0.29) is 5.54 Å². The molecule has 2 heterocycles. The van der Waals surface area contributed by atoms with E-state index in [2.05, 4.69) is 66.3 Å². The molecule has 0 bridgehead atoms. The minimum absolute atomic E-state index is 0.0140. The lowest BCUT2D eigenvalue weighted by Crippen LogP contribution is -2.59. The third-order valence-electron chi connectivity index (χ3n) is 4.35. The quantitative estimate of drug-likeness (QED) is 0.944. The van der Waals surface area contributed by atoms with Crippen molar-refractivity contribution in [3.63, 3.8) is 0 Å². The van der Waals surface area contributed by atoms with Crippen LogP contribution in [0.15, 0.2) is 36.5 Å². The molecule has 2 unspecified atom stereocenters. The van der Waals surface area contributed by atoms with Crippen molar-refractivity contribution in [2.24, 2.45) is 0 Å². The van der Waals surface area contributed by atoms with Crippen molar-refractivity contribution in [2.45, 2.75) is 38.9 Å². The van der Waals surface area contributed by atoms with Gasteiger partial charge in [0.15, 0.2) is 0 Å². The van der Waals surface area contributed by atoms with Crippen LogP contribution >= 0.6 is 11.3 Å². The number of thiazole rings is 1. The molecule has 112 valence electrons. The zero-order valence-electron chi connectivity index (χ0n) is 13.0. The number of nitrogens with zero attached hydrogens (tertiary/aromatic N) is 2. The maximum Gasteiger partial charge on any atom is 0.107 e. The Balaban J connectivity index is 1.78. The Kier molecular flexibility index (Phi) is 4.11. The van der Waals surface area contributed by atoms with Crippen LogP contribution in [0, 0.1) is 6.92 Å². The van der Waals surface area contributed by atoms with Gasteiger partial charge in [0.1, 0.15) is 5.01 Å². The summed E-state index contributed by atoms with van der Waals surface area (Å²) in [5.41, 5.74) is 1.37. The van der Waals surface area contributed by atoms with Crippen LogP contribution in [0.3, 0.4) is 0 Å². The lowest BCUT2D eigenvalue weighted by molar-refractivity contribution is 0.0877. The Hall–Kier alpha value is -1.23. The molecule has 2 aromatic rings. The average Bonchev–Trinajstić information content (AvgIpc) is 2.89. The topological polar surface area (TPSA) is 28.2 Å². The first-order valence-corrected chi connectivity index (χ1v) is 8.34. The first-order chi connectivity index (χ1) is 10.1. The number of aryl methyl sites for hydroxylation is 1. The van der Waals surface area contributed by atoms with E-state index in [1.54, 1.807) is 11.3 Å². The molecule has 1 aromatic carbocycles. The number of piperazine rings is 1. The summed E-state index contributed by atoms with van der Waals surface area (Å²) in [5.74, 6) is 0. The second-order valence-electron chi connectivity index (χ2n) is 6.20. The molecule has 2 atom stereocenters. The fraction of sp³-hybridized carbons (Fsp3) is 0.471. The second kappa shape index (κ2) is 5.87. The monoisotopic (exact) mass is 301 g/mol. The number of rotatable bonds is 3. The lowest BCUT2D eigenvalue weighted by Gasteiger charge is -2.45. The zero-order chi connectivity index (χ0) is 14.9. The highest BCUT2D eigenvalue weighted by molar-refractivity contribution is 7.11. The van der Waals surface area contributed by atoms with Crippen LogP contribution in [-0.2, 0) is 12.1 Å². The van der Waals surface area contributed by atoms with Gasteiger partial charge >= 0.3 is 0 Å². The van der Waals surface area contributed by atoms with E-state index in [0.717, 1.165) is 19.6 Å². The third-order valence-corrected chi connectivity index (χ3v) is 5.25. The van der Waals surface area contributed by atoms with E-state index in [9.17, 15) is 0 Å². The van der Waals surface area contributed by atoms with Gasteiger partial charge in [-0.1, -0.05) is 30.3 Å². The van der Waals surface area contributed by atoms with Crippen molar-refractivity contribution in [1.29, 1.82) is 0 Å². The minimum atomic E-state index is 0.0140. The second-order valence-corrected chi connectivity index (χ2v) is 7.52. The fourth-order valence-corrected chi connectivity index (χ4v) is 3.79. The van der Waals surface area contributed by atoms with E-state index in [0.29, 0.717) is 6.04 Å². The molecule has 1 saturated heterocycles. The standard InChI is InChI=1S/C17H23N3S/c1-13-9-19-17(3,15-7-5-4-6-8-15)12-20(13)11-16-18-10-14(2)21-16/h4-8,10,13,19H,9,11-12H2,1-3H3. The molecule has 4 heteroatoms. The highest BCUT2D eigenvalue weighted by Crippen LogP contribution is 2.27. The fourth-order valence-electron chi connectivity index (χ4n) is 2.98. The normalized spacial score (nSPS) is 26.9. The SMILES string of the molecule is Cc1cnc(CN2CC(C)(c3ccccc3)NCC2C)s1. The zero-order valence-corrected chi connectivity index (χ0v) is 13.8. The van der Waals surface area contributed by atoms with E-state index in [1.807, 2.05) is 6.20 Å². The molecular formula is C17H23N3S. The van der Waals surface area contributed by atoms with Crippen LogP contribution in [0.4, 0.5) is 0 Å². The van der Waals surface area contributed by atoms with E-state index >= 15 is 0 Å². The highest BCUT2D eigenvalue weighted by atomic mass is 32.1. The van der Waals surface area contributed by atoms with E-state index < -0.39 is 0 Å². The molecular weight excluding hydrogens is 278 g/mol. The van der Waals surface area contributed by atoms with E-state index in [1.165, 1.54) is 15.4 Å². The Morgan fingerprint density at radius 2 is 2.14 bits per heavy atom. The molecule has 0 radical (unpaired) electrons. The van der Waals surface area contributed by atoms with Crippen LogP contribution in [-0.4, -0.2) is 29.0 Å². The summed E-state index contributed by atoms with van der Waals surface area (Å²) in [6.45, 7) is 9.68. The molecule has 1 fully saturated rings. The van der Waals surface area contributed by atoms with Crippen molar-refractivity contribution < 1.29 is 0 Å². The number of hydrogen-bond acceptors (Lipinski definition) is 4. The Labute approximate surface area is 131 Å². The predicted molar refractivity (Wildman–Crippen MR) is 88.5 cm³/mol. The van der Waals surface area contributed by atoms with Gasteiger partial charge in [0.2, 0.25) is 0 Å². The molecule has 3 nitrogen and oxygen atoms in total. The largest absolute Gasteiger partial charge is 0.305 e. The molecule has 0 aliphatic carbocycles. The smallest absolute Gasteiger partial charge is 0.107 e. The molecule has 0 spiro atoms. The minimum Gasteiger partial charge on any atom is -0.305 e. The maximum atomic E-state index is 4.52.